The van der Waals surface area contributed by atoms with Crippen LogP contribution in [0.2, 0.25) is 0 Å². The standard InChI is InChI=1S/C16H26BrNO/c1-3-5-6-7-8-11-19-16-10-9-14(12-15(16)17)13-18-4-2/h9-10,12,18H,3-8,11,13H2,1-2H3. The number of ether oxygens (including phenoxy) is 1. The van der Waals surface area contributed by atoms with E-state index in [4.69, 9.17) is 4.74 Å². The van der Waals surface area contributed by atoms with Gasteiger partial charge in [0.05, 0.1) is 11.1 Å². The third-order valence-electron chi connectivity index (χ3n) is 3.08. The van der Waals surface area contributed by atoms with Crippen LogP contribution < -0.4 is 10.1 Å². The van der Waals surface area contributed by atoms with Crippen LogP contribution >= 0.6 is 15.9 Å². The summed E-state index contributed by atoms with van der Waals surface area (Å²) < 4.78 is 6.86. The van der Waals surface area contributed by atoms with Gasteiger partial charge in [-0.05, 0) is 46.6 Å². The summed E-state index contributed by atoms with van der Waals surface area (Å²) in [5.74, 6) is 0.954. The fourth-order valence-corrected chi connectivity index (χ4v) is 2.47. The number of unbranched alkanes of at least 4 members (excludes halogenated alkanes) is 4. The van der Waals surface area contributed by atoms with Gasteiger partial charge in [0.25, 0.3) is 0 Å². The first-order chi connectivity index (χ1) is 9.27. The van der Waals surface area contributed by atoms with Gasteiger partial charge < -0.3 is 10.1 Å². The first-order valence-corrected chi connectivity index (χ1v) is 8.19. The van der Waals surface area contributed by atoms with Crippen LogP contribution in [0.3, 0.4) is 0 Å². The van der Waals surface area contributed by atoms with E-state index >= 15 is 0 Å². The molecule has 0 saturated carbocycles. The van der Waals surface area contributed by atoms with Crippen molar-refractivity contribution >= 4 is 15.9 Å². The van der Waals surface area contributed by atoms with Gasteiger partial charge in [0.2, 0.25) is 0 Å². The van der Waals surface area contributed by atoms with Gasteiger partial charge in [-0.2, -0.15) is 0 Å². The second-order valence-corrected chi connectivity index (χ2v) is 5.66. The van der Waals surface area contributed by atoms with E-state index in [0.717, 1.165) is 36.3 Å². The van der Waals surface area contributed by atoms with Crippen molar-refractivity contribution < 1.29 is 4.74 Å². The highest BCUT2D eigenvalue weighted by Crippen LogP contribution is 2.26. The summed E-state index contributed by atoms with van der Waals surface area (Å²) >= 11 is 3.58. The van der Waals surface area contributed by atoms with E-state index in [1.54, 1.807) is 0 Å². The molecule has 1 rings (SSSR count). The lowest BCUT2D eigenvalue weighted by atomic mass is 10.2. The van der Waals surface area contributed by atoms with Crippen molar-refractivity contribution in [2.45, 2.75) is 52.5 Å². The van der Waals surface area contributed by atoms with Crippen LogP contribution in [0.4, 0.5) is 0 Å². The van der Waals surface area contributed by atoms with E-state index < -0.39 is 0 Å². The van der Waals surface area contributed by atoms with Gasteiger partial charge in [-0.25, -0.2) is 0 Å². The Kier molecular flexibility index (Phi) is 8.93. The first kappa shape index (κ1) is 16.5. The quantitative estimate of drug-likeness (QED) is 0.616. The Balaban J connectivity index is 2.29. The minimum Gasteiger partial charge on any atom is -0.492 e. The molecule has 0 bridgehead atoms. The maximum absolute atomic E-state index is 5.81. The van der Waals surface area contributed by atoms with Crippen molar-refractivity contribution in [3.63, 3.8) is 0 Å². The molecular weight excluding hydrogens is 302 g/mol. The van der Waals surface area contributed by atoms with Gasteiger partial charge >= 0.3 is 0 Å². The van der Waals surface area contributed by atoms with Crippen LogP contribution in [0.25, 0.3) is 0 Å². The SMILES string of the molecule is CCCCCCCOc1ccc(CNCC)cc1Br. The number of benzene rings is 1. The minimum atomic E-state index is 0.814. The predicted molar refractivity (Wildman–Crippen MR) is 85.8 cm³/mol. The molecule has 108 valence electrons. The molecule has 0 saturated heterocycles. The highest BCUT2D eigenvalue weighted by atomic mass is 79.9. The molecule has 1 aromatic rings. The molecule has 0 spiro atoms. The highest BCUT2D eigenvalue weighted by Gasteiger charge is 2.02. The topological polar surface area (TPSA) is 21.3 Å². The zero-order valence-corrected chi connectivity index (χ0v) is 13.8. The monoisotopic (exact) mass is 327 g/mol. The maximum atomic E-state index is 5.81. The van der Waals surface area contributed by atoms with E-state index in [2.05, 4.69) is 53.3 Å². The number of nitrogens with one attached hydrogen (secondary N) is 1. The molecule has 19 heavy (non-hydrogen) atoms. The second kappa shape index (κ2) is 10.3. The molecule has 0 atom stereocenters. The molecule has 0 aliphatic heterocycles. The van der Waals surface area contributed by atoms with Gasteiger partial charge in [-0.1, -0.05) is 45.6 Å². The van der Waals surface area contributed by atoms with E-state index in [0.29, 0.717) is 0 Å². The Morgan fingerprint density at radius 3 is 2.58 bits per heavy atom. The summed E-state index contributed by atoms with van der Waals surface area (Å²) in [7, 11) is 0. The molecule has 3 heteroatoms. The molecular formula is C16H26BrNO. The average molecular weight is 328 g/mol. The first-order valence-electron chi connectivity index (χ1n) is 7.39. The molecule has 0 aliphatic rings. The third kappa shape index (κ3) is 6.98. The molecule has 0 aliphatic carbocycles. The highest BCUT2D eigenvalue weighted by molar-refractivity contribution is 9.10. The molecule has 0 amide bonds. The normalized spacial score (nSPS) is 10.7. The molecule has 0 fully saturated rings. The molecule has 1 aromatic carbocycles. The zero-order valence-electron chi connectivity index (χ0n) is 12.2. The van der Waals surface area contributed by atoms with Crippen LogP contribution in [0.1, 0.15) is 51.5 Å². The third-order valence-corrected chi connectivity index (χ3v) is 3.70. The van der Waals surface area contributed by atoms with Gasteiger partial charge in [-0.15, -0.1) is 0 Å². The van der Waals surface area contributed by atoms with Crippen LogP contribution in [-0.2, 0) is 6.54 Å². The smallest absolute Gasteiger partial charge is 0.133 e. The molecule has 0 aromatic heterocycles. The van der Waals surface area contributed by atoms with E-state index in [9.17, 15) is 0 Å². The van der Waals surface area contributed by atoms with Crippen LogP contribution in [0, 0.1) is 0 Å². The fourth-order valence-electron chi connectivity index (χ4n) is 1.93. The van der Waals surface area contributed by atoms with E-state index in [-0.39, 0.29) is 0 Å². The molecule has 1 N–H and O–H groups in total. The van der Waals surface area contributed by atoms with E-state index in [1.165, 1.54) is 31.2 Å². The largest absolute Gasteiger partial charge is 0.492 e. The molecule has 0 unspecified atom stereocenters. The van der Waals surface area contributed by atoms with Crippen LogP contribution in [0.15, 0.2) is 22.7 Å². The van der Waals surface area contributed by atoms with Crippen molar-refractivity contribution in [2.24, 2.45) is 0 Å². The Morgan fingerprint density at radius 1 is 1.11 bits per heavy atom. The Bertz CT molecular complexity index is 355. The number of rotatable bonds is 10. The summed E-state index contributed by atoms with van der Waals surface area (Å²) in [6.45, 7) is 7.07. The van der Waals surface area contributed by atoms with Crippen molar-refractivity contribution in [2.75, 3.05) is 13.2 Å². The Morgan fingerprint density at radius 2 is 1.89 bits per heavy atom. The summed E-state index contributed by atoms with van der Waals surface area (Å²) in [6.07, 6.45) is 6.36. The number of halogens is 1. The Labute approximate surface area is 126 Å². The molecule has 0 radical (unpaired) electrons. The van der Waals surface area contributed by atoms with Gasteiger partial charge in [0.15, 0.2) is 0 Å². The van der Waals surface area contributed by atoms with Gasteiger partial charge in [-0.3, -0.25) is 0 Å². The second-order valence-electron chi connectivity index (χ2n) is 4.81. The average Bonchev–Trinajstić information content (AvgIpc) is 2.42. The number of hydrogen-bond acceptors (Lipinski definition) is 2. The zero-order chi connectivity index (χ0) is 13.9. The van der Waals surface area contributed by atoms with Gasteiger partial charge in [0.1, 0.15) is 5.75 Å². The lowest BCUT2D eigenvalue weighted by molar-refractivity contribution is 0.302. The van der Waals surface area contributed by atoms with Crippen molar-refractivity contribution in [3.05, 3.63) is 28.2 Å². The lowest BCUT2D eigenvalue weighted by Gasteiger charge is -2.10. The molecule has 2 nitrogen and oxygen atoms in total. The maximum Gasteiger partial charge on any atom is 0.133 e. The summed E-state index contributed by atoms with van der Waals surface area (Å²) in [6, 6.07) is 6.32. The number of hydrogen-bond donors (Lipinski definition) is 1. The predicted octanol–water partition coefficient (Wildman–Crippen LogP) is 4.91. The summed E-state index contributed by atoms with van der Waals surface area (Å²) in [5.41, 5.74) is 1.28. The van der Waals surface area contributed by atoms with Crippen LogP contribution in [0.5, 0.6) is 5.75 Å². The fraction of sp³-hybridized carbons (Fsp3) is 0.625. The summed E-state index contributed by atoms with van der Waals surface area (Å²) in [5, 5.41) is 3.32. The van der Waals surface area contributed by atoms with Crippen molar-refractivity contribution in [1.29, 1.82) is 0 Å². The molecule has 0 heterocycles. The van der Waals surface area contributed by atoms with Crippen LogP contribution in [-0.4, -0.2) is 13.2 Å². The van der Waals surface area contributed by atoms with Crippen molar-refractivity contribution in [1.82, 2.24) is 5.32 Å². The van der Waals surface area contributed by atoms with E-state index in [1.807, 2.05) is 0 Å². The lowest BCUT2D eigenvalue weighted by Crippen LogP contribution is -2.11. The Hall–Kier alpha value is -0.540. The minimum absolute atomic E-state index is 0.814. The van der Waals surface area contributed by atoms with Crippen molar-refractivity contribution in [3.8, 4) is 5.75 Å². The summed E-state index contributed by atoms with van der Waals surface area (Å²) in [4.78, 5) is 0. The van der Waals surface area contributed by atoms with Gasteiger partial charge in [0, 0.05) is 6.54 Å².